The van der Waals surface area contributed by atoms with E-state index in [0.717, 1.165) is 16.1 Å². The first-order chi connectivity index (χ1) is 12.7. The number of nitrogens with zero attached hydrogens (tertiary/aromatic N) is 2. The third-order valence-corrected chi connectivity index (χ3v) is 4.87. The molecule has 0 radical (unpaired) electrons. The van der Waals surface area contributed by atoms with Gasteiger partial charge in [-0.05, 0) is 6.92 Å². The van der Waals surface area contributed by atoms with Crippen molar-refractivity contribution in [3.8, 4) is 21.8 Å². The van der Waals surface area contributed by atoms with E-state index < -0.39 is 0 Å². The van der Waals surface area contributed by atoms with Crippen LogP contribution < -0.4 is 5.32 Å². The third-order valence-electron chi connectivity index (χ3n) is 3.77. The van der Waals surface area contributed by atoms with Crippen molar-refractivity contribution in [2.75, 3.05) is 5.32 Å². The third kappa shape index (κ3) is 3.27. The highest BCUT2D eigenvalue weighted by molar-refractivity contribution is 7.17. The number of benzene rings is 2. The lowest BCUT2D eigenvalue weighted by atomic mass is 10.1. The molecule has 0 bridgehead atoms. The molecule has 1 amide bonds. The number of nitrogens with one attached hydrogen (secondary N) is 1. The Labute approximate surface area is 154 Å². The van der Waals surface area contributed by atoms with Crippen molar-refractivity contribution >= 4 is 23.1 Å². The molecule has 0 atom stereocenters. The van der Waals surface area contributed by atoms with Crippen LogP contribution in [0.25, 0.3) is 21.8 Å². The second-order valence-corrected chi connectivity index (χ2v) is 6.70. The number of rotatable bonds is 4. The van der Waals surface area contributed by atoms with Crippen molar-refractivity contribution < 1.29 is 9.32 Å². The van der Waals surface area contributed by atoms with Crippen molar-refractivity contribution in [1.29, 1.82) is 0 Å². The maximum Gasteiger partial charge on any atom is 0.269 e. The molecule has 0 spiro atoms. The van der Waals surface area contributed by atoms with Gasteiger partial charge in [-0.15, -0.1) is 11.3 Å². The number of thiazole rings is 1. The number of hydrogen-bond donors (Lipinski definition) is 1. The van der Waals surface area contributed by atoms with Gasteiger partial charge in [0.2, 0.25) is 0 Å². The van der Waals surface area contributed by atoms with E-state index in [1.54, 1.807) is 13.0 Å². The van der Waals surface area contributed by atoms with Crippen LogP contribution in [0.15, 0.2) is 71.3 Å². The Morgan fingerprint density at radius 2 is 1.65 bits per heavy atom. The lowest BCUT2D eigenvalue weighted by Crippen LogP contribution is -2.11. The quantitative estimate of drug-likeness (QED) is 0.554. The molecule has 6 heteroatoms. The molecule has 0 aliphatic rings. The Morgan fingerprint density at radius 3 is 2.27 bits per heavy atom. The minimum absolute atomic E-state index is 0.253. The van der Waals surface area contributed by atoms with Gasteiger partial charge in [0.25, 0.3) is 5.91 Å². The van der Waals surface area contributed by atoms with Gasteiger partial charge in [0.05, 0.1) is 5.69 Å². The topological polar surface area (TPSA) is 68.0 Å². The molecule has 4 rings (SSSR count). The lowest BCUT2D eigenvalue weighted by molar-refractivity contribution is 0.103. The van der Waals surface area contributed by atoms with E-state index in [4.69, 9.17) is 9.51 Å². The monoisotopic (exact) mass is 361 g/mol. The van der Waals surface area contributed by atoms with E-state index in [1.807, 2.05) is 60.7 Å². The molecular weight excluding hydrogens is 346 g/mol. The maximum absolute atomic E-state index is 12.8. The molecule has 128 valence electrons. The van der Waals surface area contributed by atoms with Gasteiger partial charge in [-0.2, -0.15) is 0 Å². The molecular formula is C20H15N3O2S. The van der Waals surface area contributed by atoms with Crippen LogP contribution in [0.2, 0.25) is 0 Å². The zero-order chi connectivity index (χ0) is 17.9. The van der Waals surface area contributed by atoms with Crippen LogP contribution in [0.4, 0.5) is 5.82 Å². The summed E-state index contributed by atoms with van der Waals surface area (Å²) in [4.78, 5) is 18.1. The van der Waals surface area contributed by atoms with Crippen LogP contribution in [0.5, 0.6) is 0 Å². The standard InChI is InChI=1S/C20H15N3O2S/c1-13-12-16(23-25-13)21-19(24)18-17(14-8-4-2-5-9-14)22-20(26-18)15-10-6-3-7-11-15/h2-12H,1H3,(H,21,23,24). The number of carbonyl (C=O) groups excluding carboxylic acids is 1. The molecule has 0 aliphatic heterocycles. The van der Waals surface area contributed by atoms with E-state index >= 15 is 0 Å². The van der Waals surface area contributed by atoms with Crippen LogP contribution in [-0.2, 0) is 0 Å². The van der Waals surface area contributed by atoms with Crippen molar-refractivity contribution in [3.05, 3.63) is 77.4 Å². The average molecular weight is 361 g/mol. The van der Waals surface area contributed by atoms with Gasteiger partial charge in [0, 0.05) is 17.2 Å². The summed E-state index contributed by atoms with van der Waals surface area (Å²) in [6.45, 7) is 1.78. The first kappa shape index (κ1) is 16.2. The number of carbonyl (C=O) groups is 1. The molecule has 0 unspecified atom stereocenters. The van der Waals surface area contributed by atoms with Gasteiger partial charge >= 0.3 is 0 Å². The summed E-state index contributed by atoms with van der Waals surface area (Å²) in [5, 5.41) is 7.40. The summed E-state index contributed by atoms with van der Waals surface area (Å²) in [5.41, 5.74) is 2.53. The average Bonchev–Trinajstić information content (AvgIpc) is 3.30. The van der Waals surface area contributed by atoms with Crippen LogP contribution >= 0.6 is 11.3 Å². The molecule has 0 saturated heterocycles. The summed E-state index contributed by atoms with van der Waals surface area (Å²) in [5.74, 6) is 0.774. The van der Waals surface area contributed by atoms with E-state index in [0.29, 0.717) is 22.1 Å². The normalized spacial score (nSPS) is 10.7. The van der Waals surface area contributed by atoms with E-state index in [9.17, 15) is 4.79 Å². The van der Waals surface area contributed by atoms with Crippen LogP contribution in [-0.4, -0.2) is 16.0 Å². The summed E-state index contributed by atoms with van der Waals surface area (Å²) in [7, 11) is 0. The SMILES string of the molecule is Cc1cc(NC(=O)c2sc(-c3ccccc3)nc2-c2ccccc2)no1. The number of amides is 1. The summed E-state index contributed by atoms with van der Waals surface area (Å²) < 4.78 is 5.01. The summed E-state index contributed by atoms with van der Waals surface area (Å²) in [6, 6.07) is 21.2. The second-order valence-electron chi connectivity index (χ2n) is 5.71. The van der Waals surface area contributed by atoms with Crippen LogP contribution in [0, 0.1) is 6.92 Å². The highest BCUT2D eigenvalue weighted by Gasteiger charge is 2.21. The zero-order valence-electron chi connectivity index (χ0n) is 14.0. The highest BCUT2D eigenvalue weighted by Crippen LogP contribution is 2.34. The predicted molar refractivity (Wildman–Crippen MR) is 102 cm³/mol. The van der Waals surface area contributed by atoms with Gasteiger partial charge in [-0.1, -0.05) is 65.8 Å². The fourth-order valence-corrected chi connectivity index (χ4v) is 3.56. The second kappa shape index (κ2) is 6.93. The Hall–Kier alpha value is -3.25. The van der Waals surface area contributed by atoms with Gasteiger partial charge in [-0.3, -0.25) is 4.79 Å². The molecule has 0 aliphatic carbocycles. The Morgan fingerprint density at radius 1 is 1.00 bits per heavy atom. The first-order valence-electron chi connectivity index (χ1n) is 8.07. The van der Waals surface area contributed by atoms with Crippen LogP contribution in [0.3, 0.4) is 0 Å². The van der Waals surface area contributed by atoms with Gasteiger partial charge in [0.15, 0.2) is 5.82 Å². The van der Waals surface area contributed by atoms with Crippen molar-refractivity contribution in [1.82, 2.24) is 10.1 Å². The lowest BCUT2D eigenvalue weighted by Gasteiger charge is -2.02. The first-order valence-corrected chi connectivity index (χ1v) is 8.89. The van der Waals surface area contributed by atoms with Crippen molar-refractivity contribution in [2.24, 2.45) is 0 Å². The molecule has 0 saturated carbocycles. The van der Waals surface area contributed by atoms with E-state index in [2.05, 4.69) is 10.5 Å². The van der Waals surface area contributed by atoms with E-state index in [-0.39, 0.29) is 5.91 Å². The molecule has 2 heterocycles. The highest BCUT2D eigenvalue weighted by atomic mass is 32.1. The molecule has 4 aromatic rings. The Balaban J connectivity index is 1.76. The van der Waals surface area contributed by atoms with Gasteiger partial charge in [0.1, 0.15) is 15.6 Å². The molecule has 0 fully saturated rings. The van der Waals surface area contributed by atoms with Crippen molar-refractivity contribution in [2.45, 2.75) is 6.92 Å². The minimum atomic E-state index is -0.253. The van der Waals surface area contributed by atoms with Crippen LogP contribution in [0.1, 0.15) is 15.4 Å². The fourth-order valence-electron chi connectivity index (χ4n) is 2.57. The zero-order valence-corrected chi connectivity index (χ0v) is 14.8. The molecule has 2 aromatic heterocycles. The number of aryl methyl sites for hydroxylation is 1. The Kier molecular flexibility index (Phi) is 4.33. The van der Waals surface area contributed by atoms with E-state index in [1.165, 1.54) is 11.3 Å². The maximum atomic E-state index is 12.8. The smallest absolute Gasteiger partial charge is 0.269 e. The molecule has 5 nitrogen and oxygen atoms in total. The number of hydrogen-bond acceptors (Lipinski definition) is 5. The largest absolute Gasteiger partial charge is 0.360 e. The number of anilines is 1. The summed E-state index contributed by atoms with van der Waals surface area (Å²) >= 11 is 1.36. The number of aromatic nitrogens is 2. The van der Waals surface area contributed by atoms with Crippen molar-refractivity contribution in [3.63, 3.8) is 0 Å². The Bertz CT molecular complexity index is 1040. The predicted octanol–water partition coefficient (Wildman–Crippen LogP) is 5.03. The fraction of sp³-hybridized carbons (Fsp3) is 0.0500. The van der Waals surface area contributed by atoms with Gasteiger partial charge in [-0.25, -0.2) is 4.98 Å². The molecule has 2 aromatic carbocycles. The molecule has 26 heavy (non-hydrogen) atoms. The minimum Gasteiger partial charge on any atom is -0.360 e. The molecule has 1 N–H and O–H groups in total. The van der Waals surface area contributed by atoms with Gasteiger partial charge < -0.3 is 9.84 Å². The summed E-state index contributed by atoms with van der Waals surface area (Å²) in [6.07, 6.45) is 0.